The van der Waals surface area contributed by atoms with E-state index in [4.69, 9.17) is 18.9 Å². The molecule has 6 rings (SSSR count). The molecule has 10 atom stereocenters. The maximum atomic E-state index is 14.9. The first-order valence-electron chi connectivity index (χ1n) is 19.8. The van der Waals surface area contributed by atoms with E-state index >= 15 is 0 Å². The molecule has 0 unspecified atom stereocenters. The standard InChI is InChI=1S/C44H62O8/c1-27(2)50-38(48)52-28(3)51-36(46)30-16-18-42(8)34(39(30,4)5)17-19-44(10)35(42)33(45)24-31-32-25-41(7,21-20-40(32,6)22-23-43(31,44)9)37(47)49-26-29-14-12-11-13-15-29/h11-15,24,27-28,30,32,34-35H,16-23,25-26H2,1-10H3/t28-,30-,32+,34+,35-,40-,41+,42+,43-,44-/m1/s1. The first-order valence-corrected chi connectivity index (χ1v) is 19.8. The first-order chi connectivity index (χ1) is 24.2. The van der Waals surface area contributed by atoms with Crippen LogP contribution in [0.3, 0.4) is 0 Å². The molecular formula is C44H62O8. The van der Waals surface area contributed by atoms with Crippen LogP contribution in [0, 0.1) is 56.2 Å². The van der Waals surface area contributed by atoms with Crippen LogP contribution in [0.4, 0.5) is 4.79 Å². The van der Waals surface area contributed by atoms with Crippen molar-refractivity contribution < 1.29 is 38.1 Å². The van der Waals surface area contributed by atoms with Crippen molar-refractivity contribution in [3.8, 4) is 0 Å². The third-order valence-electron chi connectivity index (χ3n) is 15.5. The fraction of sp³-hybridized carbons (Fsp3) is 0.727. The normalized spacial score (nSPS) is 39.8. The quantitative estimate of drug-likeness (QED) is 0.156. The average molecular weight is 719 g/mol. The van der Waals surface area contributed by atoms with E-state index in [1.807, 2.05) is 36.4 Å². The van der Waals surface area contributed by atoms with Crippen molar-refractivity contribution in [2.24, 2.45) is 56.2 Å². The van der Waals surface area contributed by atoms with Gasteiger partial charge in [0.15, 0.2) is 5.78 Å². The van der Waals surface area contributed by atoms with Crippen molar-refractivity contribution in [2.45, 2.75) is 146 Å². The van der Waals surface area contributed by atoms with E-state index in [1.165, 1.54) is 12.5 Å². The van der Waals surface area contributed by atoms with Gasteiger partial charge in [-0.3, -0.25) is 14.4 Å². The third-order valence-corrected chi connectivity index (χ3v) is 15.5. The first kappa shape index (κ1) is 38.6. The molecule has 0 amide bonds. The summed E-state index contributed by atoms with van der Waals surface area (Å²) < 4.78 is 21.9. The molecule has 1 aromatic rings. The molecule has 0 aliphatic heterocycles. The number of fused-ring (bicyclic) bond motifs is 7. The fourth-order valence-electron chi connectivity index (χ4n) is 12.3. The lowest BCUT2D eigenvalue weighted by Gasteiger charge is -2.70. The van der Waals surface area contributed by atoms with Crippen molar-refractivity contribution in [3.63, 3.8) is 0 Å². The van der Waals surface area contributed by atoms with Crippen LogP contribution >= 0.6 is 0 Å². The predicted octanol–water partition coefficient (Wildman–Crippen LogP) is 9.78. The zero-order chi connectivity index (χ0) is 38.1. The molecule has 4 fully saturated rings. The second-order valence-corrected chi connectivity index (χ2v) is 19.3. The van der Waals surface area contributed by atoms with Gasteiger partial charge in [0.25, 0.3) is 0 Å². The number of allylic oxidation sites excluding steroid dienone is 2. The van der Waals surface area contributed by atoms with Crippen LogP contribution < -0.4 is 0 Å². The van der Waals surface area contributed by atoms with Crippen LogP contribution in [0.5, 0.6) is 0 Å². The molecular weight excluding hydrogens is 656 g/mol. The Bertz CT molecular complexity index is 1610. The molecule has 0 heterocycles. The molecule has 0 aromatic heterocycles. The Labute approximate surface area is 311 Å². The molecule has 8 heteroatoms. The second-order valence-electron chi connectivity index (χ2n) is 19.3. The van der Waals surface area contributed by atoms with E-state index in [0.717, 1.165) is 50.5 Å². The van der Waals surface area contributed by atoms with Crippen LogP contribution in [0.25, 0.3) is 0 Å². The highest BCUT2D eigenvalue weighted by Crippen LogP contribution is 2.75. The summed E-state index contributed by atoms with van der Waals surface area (Å²) in [5.41, 5.74) is 0.467. The van der Waals surface area contributed by atoms with Gasteiger partial charge < -0.3 is 18.9 Å². The molecule has 8 nitrogen and oxygen atoms in total. The Morgan fingerprint density at radius 3 is 2.15 bits per heavy atom. The van der Waals surface area contributed by atoms with E-state index < -0.39 is 23.3 Å². The van der Waals surface area contributed by atoms with Crippen LogP contribution in [-0.2, 0) is 39.9 Å². The molecule has 52 heavy (non-hydrogen) atoms. The van der Waals surface area contributed by atoms with Crippen LogP contribution in [0.1, 0.15) is 133 Å². The summed E-state index contributed by atoms with van der Waals surface area (Å²) in [7, 11) is 0. The Morgan fingerprint density at radius 1 is 0.808 bits per heavy atom. The molecule has 0 radical (unpaired) electrons. The van der Waals surface area contributed by atoms with Gasteiger partial charge in [0.2, 0.25) is 6.29 Å². The zero-order valence-corrected chi connectivity index (χ0v) is 33.3. The number of rotatable bonds is 7. The van der Waals surface area contributed by atoms with Gasteiger partial charge in [0.1, 0.15) is 6.61 Å². The van der Waals surface area contributed by atoms with Crippen molar-refractivity contribution in [2.75, 3.05) is 0 Å². The lowest BCUT2D eigenvalue weighted by atomic mass is 9.33. The molecule has 5 aliphatic carbocycles. The molecule has 0 N–H and O–H groups in total. The van der Waals surface area contributed by atoms with E-state index in [2.05, 4.69) is 48.5 Å². The lowest BCUT2D eigenvalue weighted by molar-refractivity contribution is -0.206. The Hall–Kier alpha value is -3.16. The van der Waals surface area contributed by atoms with Crippen molar-refractivity contribution in [1.82, 2.24) is 0 Å². The largest absolute Gasteiger partial charge is 0.511 e. The molecule has 4 saturated carbocycles. The number of hydrogen-bond acceptors (Lipinski definition) is 8. The van der Waals surface area contributed by atoms with Gasteiger partial charge in [-0.15, -0.1) is 0 Å². The van der Waals surface area contributed by atoms with Crippen LogP contribution in [0.2, 0.25) is 0 Å². The predicted molar refractivity (Wildman–Crippen MR) is 197 cm³/mol. The Morgan fingerprint density at radius 2 is 1.48 bits per heavy atom. The maximum Gasteiger partial charge on any atom is 0.511 e. The van der Waals surface area contributed by atoms with E-state index in [1.54, 1.807) is 13.8 Å². The summed E-state index contributed by atoms with van der Waals surface area (Å²) in [6.07, 6.45) is 7.42. The third kappa shape index (κ3) is 6.22. The lowest BCUT2D eigenvalue weighted by Crippen LogP contribution is -2.66. The summed E-state index contributed by atoms with van der Waals surface area (Å²) in [4.78, 5) is 54.3. The molecule has 0 saturated heterocycles. The number of carbonyl (C=O) groups excluding carboxylic acids is 4. The van der Waals surface area contributed by atoms with Gasteiger partial charge in [0.05, 0.1) is 17.4 Å². The molecule has 0 spiro atoms. The van der Waals surface area contributed by atoms with Gasteiger partial charge in [-0.05, 0) is 129 Å². The van der Waals surface area contributed by atoms with Crippen LogP contribution in [0.15, 0.2) is 42.0 Å². The van der Waals surface area contributed by atoms with E-state index in [-0.39, 0.29) is 75.8 Å². The van der Waals surface area contributed by atoms with Crippen molar-refractivity contribution >= 4 is 23.9 Å². The summed E-state index contributed by atoms with van der Waals surface area (Å²) >= 11 is 0. The van der Waals surface area contributed by atoms with Gasteiger partial charge in [-0.25, -0.2) is 4.79 Å². The molecule has 5 aliphatic rings. The number of benzene rings is 1. The summed E-state index contributed by atoms with van der Waals surface area (Å²) in [6.45, 7) is 21.1. The highest BCUT2D eigenvalue weighted by Gasteiger charge is 2.70. The van der Waals surface area contributed by atoms with Gasteiger partial charge in [-0.1, -0.05) is 77.4 Å². The van der Waals surface area contributed by atoms with Gasteiger partial charge >= 0.3 is 18.1 Å². The summed E-state index contributed by atoms with van der Waals surface area (Å²) in [5, 5.41) is 0. The van der Waals surface area contributed by atoms with E-state index in [9.17, 15) is 19.2 Å². The minimum atomic E-state index is -1.06. The Balaban J connectivity index is 1.24. The van der Waals surface area contributed by atoms with Crippen molar-refractivity contribution in [1.29, 1.82) is 0 Å². The Kier molecular flexibility index (Phi) is 9.86. The zero-order valence-electron chi connectivity index (χ0n) is 33.3. The van der Waals surface area contributed by atoms with Crippen molar-refractivity contribution in [3.05, 3.63) is 47.5 Å². The van der Waals surface area contributed by atoms with E-state index in [0.29, 0.717) is 12.8 Å². The smallest absolute Gasteiger partial charge is 0.460 e. The summed E-state index contributed by atoms with van der Waals surface area (Å²) in [5.74, 6) is -0.604. The number of esters is 2. The maximum absolute atomic E-state index is 14.9. The summed E-state index contributed by atoms with van der Waals surface area (Å²) in [6, 6.07) is 9.84. The molecule has 0 bridgehead atoms. The highest BCUT2D eigenvalue weighted by atomic mass is 16.8. The van der Waals surface area contributed by atoms with Crippen LogP contribution in [-0.4, -0.2) is 36.3 Å². The number of hydrogen-bond donors (Lipinski definition) is 0. The fourth-order valence-corrected chi connectivity index (χ4v) is 12.3. The second kappa shape index (κ2) is 13.3. The number of carbonyl (C=O) groups is 4. The highest BCUT2D eigenvalue weighted by molar-refractivity contribution is 5.96. The monoisotopic (exact) mass is 718 g/mol. The topological polar surface area (TPSA) is 105 Å². The number of ketones is 1. The van der Waals surface area contributed by atoms with Gasteiger partial charge in [-0.2, -0.15) is 0 Å². The minimum Gasteiger partial charge on any atom is -0.460 e. The van der Waals surface area contributed by atoms with Gasteiger partial charge in [0, 0.05) is 12.8 Å². The molecule has 286 valence electrons. The molecule has 1 aromatic carbocycles. The minimum absolute atomic E-state index is 0.0297. The number of ether oxygens (including phenoxy) is 4. The average Bonchev–Trinajstić information content (AvgIpc) is 3.05. The SMILES string of the molecule is CC(C)OC(=O)O[C@H](C)OC(=O)[C@H]1CC[C@]2(C)[C@H]3C(=O)C=C4[C@@H]5C[C@@](C)(C(=O)OCc6ccccc6)CC[C@]5(C)CC[C@@]4(C)[C@]3(C)CC[C@H]2C1(C)C.